The first-order valence-corrected chi connectivity index (χ1v) is 17.1. The van der Waals surface area contributed by atoms with Gasteiger partial charge in [0, 0.05) is 11.9 Å². The third kappa shape index (κ3) is 11.2. The molecule has 248 valence electrons. The molecule has 0 fully saturated rings. The van der Waals surface area contributed by atoms with Crippen molar-refractivity contribution in [2.75, 3.05) is 23.9 Å². The standard InChI is InChI=1S/C31H38Cl2F3N3O5S/c1-2-3-4-5-6-7-8-9-10-11-17-37-45(42,43)27-19-23(32)26(18-24(27)33)38-30(41)22-16-15-21-13-12-14-25(28(21)29(22)40)39-44-20-31(34,35)36/h12-16,18-19,37,39-40H,2-11,17,20H2,1H3,(H,38,41). The Balaban J connectivity index is 1.62. The second kappa shape index (κ2) is 17.2. The number of nitrogens with one attached hydrogen (secondary N) is 3. The van der Waals surface area contributed by atoms with Crippen molar-refractivity contribution >= 4 is 61.3 Å². The molecule has 3 aromatic rings. The molecule has 0 saturated heterocycles. The zero-order chi connectivity index (χ0) is 33.0. The number of halogens is 5. The SMILES string of the molecule is CCCCCCCCCCCCNS(=O)(=O)c1cc(Cl)c(NC(=O)c2ccc3cccc(NOCC(F)(F)F)c3c2O)cc1Cl. The molecule has 0 saturated carbocycles. The molecule has 0 unspecified atom stereocenters. The topological polar surface area (TPSA) is 117 Å². The van der Waals surface area contributed by atoms with E-state index in [1.165, 1.54) is 68.9 Å². The maximum atomic E-state index is 13.1. The fraction of sp³-hybridized carbons (Fsp3) is 0.452. The fourth-order valence-electron chi connectivity index (χ4n) is 4.74. The zero-order valence-corrected chi connectivity index (χ0v) is 27.2. The quantitative estimate of drug-likeness (QED) is 0.0781. The summed E-state index contributed by atoms with van der Waals surface area (Å²) >= 11 is 12.6. The Bertz CT molecular complexity index is 1560. The largest absolute Gasteiger partial charge is 0.506 e. The maximum absolute atomic E-state index is 13.1. The first-order chi connectivity index (χ1) is 21.3. The number of carbonyl (C=O) groups excluding carboxylic acids is 1. The summed E-state index contributed by atoms with van der Waals surface area (Å²) in [6.45, 7) is 0.854. The van der Waals surface area contributed by atoms with Gasteiger partial charge < -0.3 is 10.4 Å². The van der Waals surface area contributed by atoms with Gasteiger partial charge in [0.25, 0.3) is 5.91 Å². The van der Waals surface area contributed by atoms with E-state index in [9.17, 15) is 31.5 Å². The zero-order valence-electron chi connectivity index (χ0n) is 24.9. The van der Waals surface area contributed by atoms with Crippen molar-refractivity contribution in [3.8, 4) is 5.75 Å². The van der Waals surface area contributed by atoms with Gasteiger partial charge in [0.2, 0.25) is 10.0 Å². The van der Waals surface area contributed by atoms with Crippen molar-refractivity contribution in [2.24, 2.45) is 0 Å². The van der Waals surface area contributed by atoms with E-state index in [0.717, 1.165) is 25.3 Å². The van der Waals surface area contributed by atoms with Crippen LogP contribution in [0.5, 0.6) is 5.75 Å². The van der Waals surface area contributed by atoms with Gasteiger partial charge in [0.15, 0.2) is 6.61 Å². The molecule has 0 bridgehead atoms. The number of benzene rings is 3. The lowest BCUT2D eigenvalue weighted by Gasteiger charge is -2.15. The number of unbranched alkanes of at least 4 members (excludes halogenated alkanes) is 9. The molecule has 45 heavy (non-hydrogen) atoms. The maximum Gasteiger partial charge on any atom is 0.414 e. The minimum Gasteiger partial charge on any atom is -0.506 e. The van der Waals surface area contributed by atoms with E-state index in [1.54, 1.807) is 6.07 Å². The predicted octanol–water partition coefficient (Wildman–Crippen LogP) is 9.21. The number of aromatic hydroxyl groups is 1. The molecule has 0 spiro atoms. The normalized spacial score (nSPS) is 12.0. The van der Waals surface area contributed by atoms with Crippen molar-refractivity contribution in [1.82, 2.24) is 4.72 Å². The van der Waals surface area contributed by atoms with Crippen LogP contribution < -0.4 is 15.5 Å². The summed E-state index contributed by atoms with van der Waals surface area (Å²) in [5.41, 5.74) is 1.92. The van der Waals surface area contributed by atoms with Crippen LogP contribution in [0, 0.1) is 0 Å². The average Bonchev–Trinajstić information content (AvgIpc) is 2.97. The number of sulfonamides is 1. The fourth-order valence-corrected chi connectivity index (χ4v) is 6.64. The van der Waals surface area contributed by atoms with Crippen molar-refractivity contribution in [3.63, 3.8) is 0 Å². The van der Waals surface area contributed by atoms with Crippen LogP contribution in [0.1, 0.15) is 81.5 Å². The number of phenols is 1. The summed E-state index contributed by atoms with van der Waals surface area (Å²) in [7, 11) is -3.98. The first-order valence-electron chi connectivity index (χ1n) is 14.8. The number of alkyl halides is 3. The number of amides is 1. The highest BCUT2D eigenvalue weighted by molar-refractivity contribution is 7.89. The summed E-state index contributed by atoms with van der Waals surface area (Å²) in [6.07, 6.45) is 6.61. The number of rotatable bonds is 18. The summed E-state index contributed by atoms with van der Waals surface area (Å²) in [4.78, 5) is 17.4. The highest BCUT2D eigenvalue weighted by Crippen LogP contribution is 2.37. The Labute approximate surface area is 271 Å². The van der Waals surface area contributed by atoms with Gasteiger partial charge in [-0.05, 0) is 36.1 Å². The summed E-state index contributed by atoms with van der Waals surface area (Å²) in [6, 6.07) is 9.62. The molecule has 14 heteroatoms. The van der Waals surface area contributed by atoms with E-state index < -0.39 is 34.5 Å². The van der Waals surface area contributed by atoms with Crippen LogP contribution in [0.25, 0.3) is 10.8 Å². The third-order valence-corrected chi connectivity index (χ3v) is 9.30. The van der Waals surface area contributed by atoms with E-state index in [-0.39, 0.29) is 43.8 Å². The molecule has 4 N–H and O–H groups in total. The molecule has 3 rings (SSSR count). The van der Waals surface area contributed by atoms with Gasteiger partial charge in [-0.15, -0.1) is 0 Å². The highest BCUT2D eigenvalue weighted by atomic mass is 35.5. The Morgan fingerprint density at radius 2 is 1.53 bits per heavy atom. The molecule has 1 amide bonds. The highest BCUT2D eigenvalue weighted by Gasteiger charge is 2.28. The summed E-state index contributed by atoms with van der Waals surface area (Å²) in [5, 5.41) is 13.6. The lowest BCUT2D eigenvalue weighted by molar-refractivity contribution is -0.167. The molecule has 0 aliphatic rings. The minimum absolute atomic E-state index is 0.00448. The van der Waals surface area contributed by atoms with E-state index in [1.807, 2.05) is 0 Å². The minimum atomic E-state index is -4.58. The molecule has 3 aromatic carbocycles. The Morgan fingerprint density at radius 3 is 2.18 bits per heavy atom. The smallest absolute Gasteiger partial charge is 0.414 e. The van der Waals surface area contributed by atoms with Crippen LogP contribution >= 0.6 is 23.2 Å². The predicted molar refractivity (Wildman–Crippen MR) is 173 cm³/mol. The molecular formula is C31H38Cl2F3N3O5S. The molecule has 8 nitrogen and oxygen atoms in total. The van der Waals surface area contributed by atoms with Crippen molar-refractivity contribution < 1.29 is 36.3 Å². The van der Waals surface area contributed by atoms with Crippen LogP contribution in [-0.2, 0) is 14.9 Å². The number of fused-ring (bicyclic) bond motifs is 1. The third-order valence-electron chi connectivity index (χ3n) is 7.06. The second-order valence-corrected chi connectivity index (χ2v) is 13.2. The molecule has 0 atom stereocenters. The second-order valence-electron chi connectivity index (χ2n) is 10.7. The van der Waals surface area contributed by atoms with E-state index in [2.05, 4.69) is 27.3 Å². The monoisotopic (exact) mass is 691 g/mol. The number of phenolic OH excluding ortho intramolecular Hbond substituents is 1. The van der Waals surface area contributed by atoms with Crippen LogP contribution in [-0.4, -0.2) is 38.8 Å². The van der Waals surface area contributed by atoms with Gasteiger partial charge in [-0.2, -0.15) is 13.2 Å². The van der Waals surface area contributed by atoms with Crippen molar-refractivity contribution in [1.29, 1.82) is 0 Å². The van der Waals surface area contributed by atoms with E-state index in [4.69, 9.17) is 23.2 Å². The van der Waals surface area contributed by atoms with Crippen LogP contribution in [0.4, 0.5) is 24.5 Å². The number of hydrogen-bond acceptors (Lipinski definition) is 6. The van der Waals surface area contributed by atoms with Crippen molar-refractivity contribution in [3.05, 3.63) is 58.1 Å². The van der Waals surface area contributed by atoms with Gasteiger partial charge in [-0.1, -0.05) is 106 Å². The Kier molecular flexibility index (Phi) is 14.1. The van der Waals surface area contributed by atoms with Crippen LogP contribution in [0.2, 0.25) is 10.0 Å². The van der Waals surface area contributed by atoms with Gasteiger partial charge in [-0.3, -0.25) is 15.1 Å². The molecular weight excluding hydrogens is 654 g/mol. The van der Waals surface area contributed by atoms with E-state index >= 15 is 0 Å². The first kappa shape index (κ1) is 36.7. The molecule has 0 aliphatic heterocycles. The van der Waals surface area contributed by atoms with E-state index in [0.29, 0.717) is 11.8 Å². The molecule has 0 aliphatic carbocycles. The average molecular weight is 693 g/mol. The van der Waals surface area contributed by atoms with Gasteiger partial charge >= 0.3 is 6.18 Å². The Morgan fingerprint density at radius 1 is 0.889 bits per heavy atom. The Hall–Kier alpha value is -2.77. The van der Waals surface area contributed by atoms with Gasteiger partial charge in [0.05, 0.1) is 27.0 Å². The van der Waals surface area contributed by atoms with Crippen LogP contribution in [0.3, 0.4) is 0 Å². The van der Waals surface area contributed by atoms with Gasteiger partial charge in [-0.25, -0.2) is 13.1 Å². The molecule has 0 aromatic heterocycles. The summed E-state index contributed by atoms with van der Waals surface area (Å²) in [5.74, 6) is -1.35. The van der Waals surface area contributed by atoms with Crippen LogP contribution in [0.15, 0.2) is 47.4 Å². The lowest BCUT2D eigenvalue weighted by Crippen LogP contribution is -2.25. The number of anilines is 2. The molecule has 0 radical (unpaired) electrons. The summed E-state index contributed by atoms with van der Waals surface area (Å²) < 4.78 is 65.9. The number of hydrogen-bond donors (Lipinski definition) is 4. The lowest BCUT2D eigenvalue weighted by atomic mass is 10.0. The van der Waals surface area contributed by atoms with Crippen molar-refractivity contribution in [2.45, 2.75) is 82.2 Å². The van der Waals surface area contributed by atoms with Gasteiger partial charge in [0.1, 0.15) is 10.6 Å². The number of carbonyl (C=O) groups is 1. The molecule has 0 heterocycles.